The van der Waals surface area contributed by atoms with Crippen LogP contribution in [0.1, 0.15) is 39.6 Å². The third-order valence-electron chi connectivity index (χ3n) is 3.17. The predicted octanol–water partition coefficient (Wildman–Crippen LogP) is 4.51. The number of hydrogen-bond donors (Lipinski definition) is 0. The molecule has 0 bridgehead atoms. The zero-order valence-corrected chi connectivity index (χ0v) is 14.6. The van der Waals surface area contributed by atoms with Crippen molar-refractivity contribution in [3.8, 4) is 0 Å². The van der Waals surface area contributed by atoms with E-state index < -0.39 is 17.8 Å². The van der Waals surface area contributed by atoms with Gasteiger partial charge >= 0.3 is 11.9 Å². The van der Waals surface area contributed by atoms with Gasteiger partial charge in [0.15, 0.2) is 0 Å². The highest BCUT2D eigenvalue weighted by Gasteiger charge is 2.19. The number of rotatable bonds is 6. The fourth-order valence-corrected chi connectivity index (χ4v) is 2.35. The normalized spacial score (nSPS) is 10.3. The first kappa shape index (κ1) is 18.1. The highest BCUT2D eigenvalue weighted by atomic mass is 79.9. The van der Waals surface area contributed by atoms with E-state index in [1.165, 1.54) is 30.3 Å². The number of ether oxygens (including phenoxy) is 2. The van der Waals surface area contributed by atoms with E-state index in [0.717, 1.165) is 0 Å². The maximum atomic E-state index is 13.3. The van der Waals surface area contributed by atoms with Gasteiger partial charge in [-0.1, -0.05) is 35.0 Å². The summed E-state index contributed by atoms with van der Waals surface area (Å²) in [5.74, 6) is -1.67. The standard InChI is InChI=1S/C18H16BrFO4/c1-2-9-23-17(21)14-5-3-4-6-15(14)18(22)24-11-12-10-13(20)7-8-16(12)19/h3-8,10H,2,9,11H2,1H3. The van der Waals surface area contributed by atoms with Gasteiger partial charge in [0.05, 0.1) is 17.7 Å². The SMILES string of the molecule is CCCOC(=O)c1ccccc1C(=O)OCc1cc(F)ccc1Br. The average Bonchev–Trinajstić information content (AvgIpc) is 2.60. The molecule has 0 spiro atoms. The molecular formula is C18H16BrFO4. The highest BCUT2D eigenvalue weighted by Crippen LogP contribution is 2.20. The second-order valence-electron chi connectivity index (χ2n) is 4.99. The van der Waals surface area contributed by atoms with Crippen LogP contribution in [0, 0.1) is 5.82 Å². The van der Waals surface area contributed by atoms with Crippen molar-refractivity contribution in [2.75, 3.05) is 6.61 Å². The summed E-state index contributed by atoms with van der Waals surface area (Å²) in [5, 5.41) is 0. The Morgan fingerprint density at radius 3 is 2.29 bits per heavy atom. The van der Waals surface area contributed by atoms with Crippen LogP contribution in [0.15, 0.2) is 46.9 Å². The minimum absolute atomic E-state index is 0.116. The number of carbonyl (C=O) groups excluding carboxylic acids is 2. The zero-order valence-electron chi connectivity index (χ0n) is 13.1. The lowest BCUT2D eigenvalue weighted by atomic mass is 10.1. The molecule has 0 atom stereocenters. The van der Waals surface area contributed by atoms with Gasteiger partial charge in [-0.3, -0.25) is 0 Å². The van der Waals surface area contributed by atoms with Gasteiger partial charge in [-0.25, -0.2) is 14.0 Å². The second-order valence-corrected chi connectivity index (χ2v) is 5.85. The summed E-state index contributed by atoms with van der Waals surface area (Å²) in [5.41, 5.74) is 0.759. The molecule has 24 heavy (non-hydrogen) atoms. The van der Waals surface area contributed by atoms with Gasteiger partial charge in [0.25, 0.3) is 0 Å². The Bertz CT molecular complexity index is 746. The van der Waals surface area contributed by atoms with Crippen molar-refractivity contribution in [3.05, 3.63) is 69.4 Å². The first-order valence-corrected chi connectivity index (χ1v) is 8.19. The summed E-state index contributed by atoms with van der Waals surface area (Å²) in [6.07, 6.45) is 0.686. The average molecular weight is 395 g/mol. The van der Waals surface area contributed by atoms with Crippen LogP contribution in [0.3, 0.4) is 0 Å². The Labute approximate surface area is 147 Å². The molecule has 126 valence electrons. The lowest BCUT2D eigenvalue weighted by Gasteiger charge is -2.10. The van der Waals surface area contributed by atoms with E-state index in [1.54, 1.807) is 12.1 Å². The molecule has 0 unspecified atom stereocenters. The van der Waals surface area contributed by atoms with Gasteiger partial charge in [-0.2, -0.15) is 0 Å². The molecule has 0 aliphatic heterocycles. The molecule has 0 aliphatic carbocycles. The second kappa shape index (κ2) is 8.59. The van der Waals surface area contributed by atoms with E-state index in [9.17, 15) is 14.0 Å². The third-order valence-corrected chi connectivity index (χ3v) is 3.94. The molecule has 2 rings (SSSR count). The maximum absolute atomic E-state index is 13.3. The van der Waals surface area contributed by atoms with Crippen LogP contribution < -0.4 is 0 Å². The minimum Gasteiger partial charge on any atom is -0.462 e. The largest absolute Gasteiger partial charge is 0.462 e. The van der Waals surface area contributed by atoms with Crippen LogP contribution in [-0.4, -0.2) is 18.5 Å². The highest BCUT2D eigenvalue weighted by molar-refractivity contribution is 9.10. The smallest absolute Gasteiger partial charge is 0.339 e. The summed E-state index contributed by atoms with van der Waals surface area (Å²) in [6, 6.07) is 10.4. The van der Waals surface area contributed by atoms with E-state index in [-0.39, 0.29) is 24.3 Å². The van der Waals surface area contributed by atoms with E-state index in [2.05, 4.69) is 15.9 Å². The predicted molar refractivity (Wildman–Crippen MR) is 90.2 cm³/mol. The molecule has 0 radical (unpaired) electrons. The number of benzene rings is 2. The van der Waals surface area contributed by atoms with Crippen LogP contribution in [0.2, 0.25) is 0 Å². The van der Waals surface area contributed by atoms with Crippen LogP contribution >= 0.6 is 15.9 Å². The van der Waals surface area contributed by atoms with Crippen LogP contribution in [0.4, 0.5) is 4.39 Å². The Kier molecular flexibility index (Phi) is 6.49. The molecule has 0 saturated carbocycles. The molecular weight excluding hydrogens is 379 g/mol. The first-order chi connectivity index (χ1) is 11.5. The van der Waals surface area contributed by atoms with Crippen molar-refractivity contribution in [1.29, 1.82) is 0 Å². The maximum Gasteiger partial charge on any atom is 0.339 e. The van der Waals surface area contributed by atoms with Gasteiger partial charge in [0, 0.05) is 10.0 Å². The third kappa shape index (κ3) is 4.64. The summed E-state index contributed by atoms with van der Waals surface area (Å²) >= 11 is 3.27. The molecule has 2 aromatic rings. The first-order valence-electron chi connectivity index (χ1n) is 7.40. The van der Waals surface area contributed by atoms with Crippen molar-refractivity contribution < 1.29 is 23.5 Å². The van der Waals surface area contributed by atoms with E-state index in [0.29, 0.717) is 16.5 Å². The fourth-order valence-electron chi connectivity index (χ4n) is 1.99. The Morgan fingerprint density at radius 2 is 1.67 bits per heavy atom. The number of esters is 2. The number of carbonyl (C=O) groups is 2. The fraction of sp³-hybridized carbons (Fsp3) is 0.222. The number of halogens is 2. The Morgan fingerprint density at radius 1 is 1.04 bits per heavy atom. The van der Waals surface area contributed by atoms with Gasteiger partial charge in [0.1, 0.15) is 12.4 Å². The van der Waals surface area contributed by atoms with Crippen molar-refractivity contribution in [2.45, 2.75) is 20.0 Å². The number of hydrogen-bond acceptors (Lipinski definition) is 4. The van der Waals surface area contributed by atoms with Crippen molar-refractivity contribution in [1.82, 2.24) is 0 Å². The molecule has 0 aromatic heterocycles. The molecule has 6 heteroatoms. The van der Waals surface area contributed by atoms with Gasteiger partial charge < -0.3 is 9.47 Å². The monoisotopic (exact) mass is 394 g/mol. The lowest BCUT2D eigenvalue weighted by Crippen LogP contribution is -2.14. The van der Waals surface area contributed by atoms with Gasteiger partial charge in [0.2, 0.25) is 0 Å². The molecule has 4 nitrogen and oxygen atoms in total. The summed E-state index contributed by atoms with van der Waals surface area (Å²) < 4.78 is 24.2. The topological polar surface area (TPSA) is 52.6 Å². The Balaban J connectivity index is 2.12. The lowest BCUT2D eigenvalue weighted by molar-refractivity contribution is 0.0438. The quantitative estimate of drug-likeness (QED) is 0.676. The molecule has 0 N–H and O–H groups in total. The molecule has 0 heterocycles. The summed E-state index contributed by atoms with van der Waals surface area (Å²) in [4.78, 5) is 24.3. The van der Waals surface area contributed by atoms with Crippen molar-refractivity contribution in [3.63, 3.8) is 0 Å². The zero-order chi connectivity index (χ0) is 17.5. The molecule has 0 amide bonds. The minimum atomic E-state index is -0.671. The van der Waals surface area contributed by atoms with E-state index >= 15 is 0 Å². The van der Waals surface area contributed by atoms with Crippen LogP contribution in [0.5, 0.6) is 0 Å². The molecule has 0 saturated heterocycles. The molecule has 0 aliphatic rings. The summed E-state index contributed by atoms with van der Waals surface area (Å²) in [6.45, 7) is 2.04. The van der Waals surface area contributed by atoms with Crippen LogP contribution in [-0.2, 0) is 16.1 Å². The van der Waals surface area contributed by atoms with Crippen LogP contribution in [0.25, 0.3) is 0 Å². The van der Waals surface area contributed by atoms with E-state index in [1.807, 2.05) is 6.92 Å². The van der Waals surface area contributed by atoms with E-state index in [4.69, 9.17) is 9.47 Å². The van der Waals surface area contributed by atoms with Gasteiger partial charge in [-0.15, -0.1) is 0 Å². The molecule has 0 fully saturated rings. The van der Waals surface area contributed by atoms with Gasteiger partial charge in [-0.05, 0) is 36.8 Å². The summed E-state index contributed by atoms with van der Waals surface area (Å²) in [7, 11) is 0. The van der Waals surface area contributed by atoms with Crippen molar-refractivity contribution in [2.24, 2.45) is 0 Å². The molecule has 2 aromatic carbocycles. The Hall–Kier alpha value is -2.21. The van der Waals surface area contributed by atoms with Crippen molar-refractivity contribution >= 4 is 27.9 Å².